The van der Waals surface area contributed by atoms with Gasteiger partial charge in [-0.25, -0.2) is 4.79 Å². The van der Waals surface area contributed by atoms with Crippen LogP contribution in [-0.4, -0.2) is 44.3 Å². The molecule has 0 fully saturated rings. The van der Waals surface area contributed by atoms with Crippen LogP contribution in [0.15, 0.2) is 16.8 Å². The molecule has 0 aromatic carbocycles. The third-order valence-electron chi connectivity index (χ3n) is 2.18. The van der Waals surface area contributed by atoms with Crippen LogP contribution < -0.4 is 0 Å². The molecular weight excluding hydrogens is 238 g/mol. The Morgan fingerprint density at radius 2 is 2.35 bits per heavy atom. The van der Waals surface area contributed by atoms with Gasteiger partial charge in [-0.1, -0.05) is 0 Å². The van der Waals surface area contributed by atoms with Crippen molar-refractivity contribution in [2.24, 2.45) is 0 Å². The van der Waals surface area contributed by atoms with E-state index >= 15 is 0 Å². The highest BCUT2D eigenvalue weighted by molar-refractivity contribution is 7.07. The summed E-state index contributed by atoms with van der Waals surface area (Å²) in [5.41, 5.74) is 1.31. The van der Waals surface area contributed by atoms with Crippen LogP contribution in [0.3, 0.4) is 0 Å². The van der Waals surface area contributed by atoms with Crippen molar-refractivity contribution in [3.8, 4) is 0 Å². The lowest BCUT2D eigenvalue weighted by Gasteiger charge is -2.15. The van der Waals surface area contributed by atoms with Crippen molar-refractivity contribution in [2.75, 3.05) is 33.4 Å². The first-order chi connectivity index (χ1) is 8.22. The van der Waals surface area contributed by atoms with E-state index in [0.29, 0.717) is 13.2 Å². The summed E-state index contributed by atoms with van der Waals surface area (Å²) in [6.45, 7) is 4.48. The molecule has 1 aromatic rings. The number of rotatable bonds is 8. The van der Waals surface area contributed by atoms with Crippen LogP contribution in [0, 0.1) is 0 Å². The summed E-state index contributed by atoms with van der Waals surface area (Å²) >= 11 is 1.70. The second-order valence-corrected chi connectivity index (χ2v) is 4.51. The summed E-state index contributed by atoms with van der Waals surface area (Å²) in [6.07, 6.45) is 0. The molecule has 0 spiro atoms. The van der Waals surface area contributed by atoms with Crippen LogP contribution in [0.2, 0.25) is 0 Å². The lowest BCUT2D eigenvalue weighted by molar-refractivity contribution is -0.148. The Balaban J connectivity index is 2.04. The Labute approximate surface area is 106 Å². The molecule has 1 aromatic heterocycles. The van der Waals surface area contributed by atoms with Gasteiger partial charge in [-0.3, -0.25) is 4.90 Å². The monoisotopic (exact) mass is 257 g/mol. The zero-order chi connectivity index (χ0) is 12.5. The maximum Gasteiger partial charge on any atom is 0.332 e. The first kappa shape index (κ1) is 14.2. The van der Waals surface area contributed by atoms with Gasteiger partial charge in [0.2, 0.25) is 0 Å². The highest BCUT2D eigenvalue weighted by Gasteiger charge is 2.03. The minimum absolute atomic E-state index is 0.0418. The van der Waals surface area contributed by atoms with E-state index in [4.69, 9.17) is 9.47 Å². The minimum Gasteiger partial charge on any atom is -0.464 e. The average Bonchev–Trinajstić information content (AvgIpc) is 2.77. The number of ether oxygens (including phenoxy) is 2. The third-order valence-corrected chi connectivity index (χ3v) is 2.91. The lowest BCUT2D eigenvalue weighted by Crippen LogP contribution is -2.24. The second kappa shape index (κ2) is 8.22. The lowest BCUT2D eigenvalue weighted by atomic mass is 10.3. The molecule has 96 valence electrons. The molecule has 4 nitrogen and oxygen atoms in total. The molecule has 5 heteroatoms. The summed E-state index contributed by atoms with van der Waals surface area (Å²) in [5, 5.41) is 4.20. The summed E-state index contributed by atoms with van der Waals surface area (Å²) < 4.78 is 9.98. The topological polar surface area (TPSA) is 38.8 Å². The average molecular weight is 257 g/mol. The fraction of sp³-hybridized carbons (Fsp3) is 0.583. The molecule has 0 atom stereocenters. The van der Waals surface area contributed by atoms with Gasteiger partial charge in [0.1, 0.15) is 6.61 Å². The standard InChI is InChI=1S/C12H19NO3S/c1-3-16-12(14)9-15-6-5-13(2)8-11-4-7-17-10-11/h4,7,10H,3,5-6,8-9H2,1-2H3. The number of hydrogen-bond donors (Lipinski definition) is 0. The maximum atomic E-state index is 11.0. The number of carbonyl (C=O) groups is 1. The summed E-state index contributed by atoms with van der Waals surface area (Å²) in [7, 11) is 2.03. The van der Waals surface area contributed by atoms with E-state index in [1.165, 1.54) is 5.56 Å². The zero-order valence-electron chi connectivity index (χ0n) is 10.3. The molecule has 0 unspecified atom stereocenters. The minimum atomic E-state index is -0.298. The van der Waals surface area contributed by atoms with E-state index in [9.17, 15) is 4.79 Å². The van der Waals surface area contributed by atoms with Crippen molar-refractivity contribution < 1.29 is 14.3 Å². The highest BCUT2D eigenvalue weighted by Crippen LogP contribution is 2.07. The zero-order valence-corrected chi connectivity index (χ0v) is 11.2. The van der Waals surface area contributed by atoms with Crippen molar-refractivity contribution >= 4 is 17.3 Å². The molecule has 0 radical (unpaired) electrons. The first-order valence-electron chi connectivity index (χ1n) is 5.65. The SMILES string of the molecule is CCOC(=O)COCCN(C)Cc1ccsc1. The highest BCUT2D eigenvalue weighted by atomic mass is 32.1. The van der Waals surface area contributed by atoms with Gasteiger partial charge in [0, 0.05) is 13.1 Å². The second-order valence-electron chi connectivity index (χ2n) is 3.73. The normalized spacial score (nSPS) is 10.8. The number of carbonyl (C=O) groups excluding carboxylic acids is 1. The molecule has 1 rings (SSSR count). The first-order valence-corrected chi connectivity index (χ1v) is 6.59. The van der Waals surface area contributed by atoms with Crippen LogP contribution in [0.4, 0.5) is 0 Å². The molecule has 1 heterocycles. The summed E-state index contributed by atoms with van der Waals surface area (Å²) in [5.74, 6) is -0.298. The molecule has 0 amide bonds. The van der Waals surface area contributed by atoms with Crippen molar-refractivity contribution in [1.29, 1.82) is 0 Å². The largest absolute Gasteiger partial charge is 0.464 e. The fourth-order valence-corrected chi connectivity index (χ4v) is 2.01. The smallest absolute Gasteiger partial charge is 0.332 e. The van der Waals surface area contributed by atoms with Gasteiger partial charge in [-0.15, -0.1) is 0 Å². The van der Waals surface area contributed by atoms with Crippen molar-refractivity contribution in [3.05, 3.63) is 22.4 Å². The van der Waals surface area contributed by atoms with Gasteiger partial charge < -0.3 is 9.47 Å². The summed E-state index contributed by atoms with van der Waals surface area (Å²) in [4.78, 5) is 13.1. The quantitative estimate of drug-likeness (QED) is 0.525. The van der Waals surface area contributed by atoms with E-state index < -0.39 is 0 Å². The van der Waals surface area contributed by atoms with Gasteiger partial charge in [0.15, 0.2) is 0 Å². The Morgan fingerprint density at radius 1 is 1.53 bits per heavy atom. The van der Waals surface area contributed by atoms with Crippen LogP contribution in [0.25, 0.3) is 0 Å². The number of esters is 1. The molecule has 0 saturated heterocycles. The van der Waals surface area contributed by atoms with Crippen LogP contribution in [-0.2, 0) is 20.8 Å². The molecule has 17 heavy (non-hydrogen) atoms. The van der Waals surface area contributed by atoms with Gasteiger partial charge >= 0.3 is 5.97 Å². The molecule has 0 aliphatic carbocycles. The number of hydrogen-bond acceptors (Lipinski definition) is 5. The molecule has 0 N–H and O–H groups in total. The number of likely N-dealkylation sites (N-methyl/N-ethyl adjacent to an activating group) is 1. The van der Waals surface area contributed by atoms with E-state index in [2.05, 4.69) is 21.7 Å². The van der Waals surface area contributed by atoms with Crippen LogP contribution in [0.5, 0.6) is 0 Å². The van der Waals surface area contributed by atoms with Gasteiger partial charge in [0.05, 0.1) is 13.2 Å². The maximum absolute atomic E-state index is 11.0. The van der Waals surface area contributed by atoms with E-state index in [1.54, 1.807) is 18.3 Å². The predicted octanol–water partition coefficient (Wildman–Crippen LogP) is 1.76. The van der Waals surface area contributed by atoms with Gasteiger partial charge in [-0.2, -0.15) is 11.3 Å². The summed E-state index contributed by atoms with van der Waals surface area (Å²) in [6, 6.07) is 2.11. The number of nitrogens with zero attached hydrogens (tertiary/aromatic N) is 1. The van der Waals surface area contributed by atoms with Gasteiger partial charge in [0.25, 0.3) is 0 Å². The molecule has 0 bridgehead atoms. The Bertz CT molecular complexity index is 314. The Hall–Kier alpha value is -0.910. The van der Waals surface area contributed by atoms with E-state index in [-0.39, 0.29) is 12.6 Å². The van der Waals surface area contributed by atoms with Crippen molar-refractivity contribution in [3.63, 3.8) is 0 Å². The Morgan fingerprint density at radius 3 is 3.00 bits per heavy atom. The van der Waals surface area contributed by atoms with Crippen LogP contribution >= 0.6 is 11.3 Å². The van der Waals surface area contributed by atoms with E-state index in [1.807, 2.05) is 7.05 Å². The molecule has 0 aliphatic heterocycles. The molecule has 0 saturated carbocycles. The molecule has 0 aliphatic rings. The van der Waals surface area contributed by atoms with Gasteiger partial charge in [-0.05, 0) is 36.4 Å². The van der Waals surface area contributed by atoms with Crippen LogP contribution in [0.1, 0.15) is 12.5 Å². The Kier molecular flexibility index (Phi) is 6.84. The van der Waals surface area contributed by atoms with E-state index in [0.717, 1.165) is 13.1 Å². The van der Waals surface area contributed by atoms with Crippen molar-refractivity contribution in [2.45, 2.75) is 13.5 Å². The van der Waals surface area contributed by atoms with Crippen molar-refractivity contribution in [1.82, 2.24) is 4.90 Å². The fourth-order valence-electron chi connectivity index (χ4n) is 1.35. The molecular formula is C12H19NO3S. The predicted molar refractivity (Wildman–Crippen MR) is 68.1 cm³/mol. The number of thiophene rings is 1. The third kappa shape index (κ3) is 6.41.